The molecule has 1 aromatic carbocycles. The van der Waals surface area contributed by atoms with Crippen LogP contribution in [-0.4, -0.2) is 40.1 Å². The average Bonchev–Trinajstić information content (AvgIpc) is 3.04. The second kappa shape index (κ2) is 9.27. The van der Waals surface area contributed by atoms with Gasteiger partial charge in [0.15, 0.2) is 8.68 Å². The molecule has 0 fully saturated rings. The minimum atomic E-state index is -0.422. The molecule has 0 aliphatic carbocycles. The number of anilines is 1. The van der Waals surface area contributed by atoms with Crippen molar-refractivity contribution in [1.29, 1.82) is 5.26 Å². The highest BCUT2D eigenvalue weighted by molar-refractivity contribution is 8.03. The van der Waals surface area contributed by atoms with Gasteiger partial charge in [-0.1, -0.05) is 53.1 Å². The number of benzene rings is 1. The molecule has 7 nitrogen and oxygen atoms in total. The van der Waals surface area contributed by atoms with Crippen LogP contribution in [0.5, 0.6) is 0 Å². The third kappa shape index (κ3) is 5.52. The van der Waals surface area contributed by atoms with Gasteiger partial charge in [-0.05, 0) is 12.1 Å². The maximum Gasteiger partial charge on any atom is 0.238 e. The number of aromatic nitrogens is 2. The zero-order chi connectivity index (χ0) is 17.4. The van der Waals surface area contributed by atoms with E-state index >= 15 is 0 Å². The molecule has 0 aliphatic rings. The fraction of sp³-hybridized carbons (Fsp3) is 0.214. The molecule has 0 spiro atoms. The van der Waals surface area contributed by atoms with Gasteiger partial charge in [0.05, 0.1) is 17.6 Å². The summed E-state index contributed by atoms with van der Waals surface area (Å²) in [6.45, 7) is -0.0146. The van der Waals surface area contributed by atoms with E-state index in [0.29, 0.717) is 14.4 Å². The van der Waals surface area contributed by atoms with Crippen LogP contribution < -0.4 is 10.6 Å². The van der Waals surface area contributed by atoms with E-state index < -0.39 is 5.91 Å². The molecule has 24 heavy (non-hydrogen) atoms. The van der Waals surface area contributed by atoms with Gasteiger partial charge in [0.2, 0.25) is 11.8 Å². The standard InChI is InChI=1S/C14H13N5O2S3/c15-6-7-19(10-4-2-1-3-5-10)12(21)9-23-14-18-17-13(24-14)22-8-11(16)20/h1-5H,7-9H2,(H2,16,20). The number of para-hydroxylation sites is 1. The molecule has 10 heteroatoms. The molecule has 0 unspecified atom stereocenters. The highest BCUT2D eigenvalue weighted by Gasteiger charge is 2.17. The number of carbonyl (C=O) groups is 2. The molecule has 2 rings (SSSR count). The van der Waals surface area contributed by atoms with Gasteiger partial charge in [0.25, 0.3) is 0 Å². The summed E-state index contributed by atoms with van der Waals surface area (Å²) < 4.78 is 1.25. The lowest BCUT2D eigenvalue weighted by molar-refractivity contribution is -0.116. The Morgan fingerprint density at radius 2 is 1.79 bits per heavy atom. The Hall–Kier alpha value is -2.09. The van der Waals surface area contributed by atoms with Crippen molar-refractivity contribution in [3.05, 3.63) is 30.3 Å². The van der Waals surface area contributed by atoms with E-state index in [1.54, 1.807) is 12.1 Å². The van der Waals surface area contributed by atoms with Gasteiger partial charge in [-0.2, -0.15) is 5.26 Å². The Morgan fingerprint density at radius 3 is 2.38 bits per heavy atom. The van der Waals surface area contributed by atoms with Gasteiger partial charge in [-0.15, -0.1) is 10.2 Å². The molecule has 0 radical (unpaired) electrons. The summed E-state index contributed by atoms with van der Waals surface area (Å²) in [6.07, 6.45) is 0. The molecule has 1 aromatic heterocycles. The topological polar surface area (TPSA) is 113 Å². The van der Waals surface area contributed by atoms with E-state index in [-0.39, 0.29) is 24.0 Å². The van der Waals surface area contributed by atoms with Crippen LogP contribution in [0.3, 0.4) is 0 Å². The highest BCUT2D eigenvalue weighted by atomic mass is 32.2. The summed E-state index contributed by atoms with van der Waals surface area (Å²) >= 11 is 3.76. The Kier molecular flexibility index (Phi) is 7.05. The number of nitrogens with two attached hydrogens (primary N) is 1. The number of amides is 2. The van der Waals surface area contributed by atoms with Crippen LogP contribution in [0.2, 0.25) is 0 Å². The van der Waals surface area contributed by atoms with Crippen molar-refractivity contribution in [2.45, 2.75) is 8.68 Å². The predicted molar refractivity (Wildman–Crippen MR) is 95.0 cm³/mol. The monoisotopic (exact) mass is 379 g/mol. The Balaban J connectivity index is 1.93. The molecule has 0 aliphatic heterocycles. The lowest BCUT2D eigenvalue weighted by Crippen LogP contribution is -2.32. The number of rotatable bonds is 8. The highest BCUT2D eigenvalue weighted by Crippen LogP contribution is 2.29. The number of thioether (sulfide) groups is 2. The minimum Gasteiger partial charge on any atom is -0.369 e. The van der Waals surface area contributed by atoms with Crippen molar-refractivity contribution in [2.24, 2.45) is 5.73 Å². The Morgan fingerprint density at radius 1 is 1.17 bits per heavy atom. The number of nitriles is 1. The van der Waals surface area contributed by atoms with E-state index in [2.05, 4.69) is 10.2 Å². The summed E-state index contributed by atoms with van der Waals surface area (Å²) in [5.41, 5.74) is 5.76. The summed E-state index contributed by atoms with van der Waals surface area (Å²) in [4.78, 5) is 24.5. The summed E-state index contributed by atoms with van der Waals surface area (Å²) in [6, 6.07) is 11.0. The molecular weight excluding hydrogens is 366 g/mol. The second-order valence-electron chi connectivity index (χ2n) is 4.35. The van der Waals surface area contributed by atoms with Gasteiger partial charge in [0.1, 0.15) is 6.54 Å². The normalized spacial score (nSPS) is 10.1. The first-order valence-corrected chi connectivity index (χ1v) is 9.48. The van der Waals surface area contributed by atoms with Crippen molar-refractivity contribution in [3.8, 4) is 6.07 Å². The first-order valence-electron chi connectivity index (χ1n) is 6.70. The van der Waals surface area contributed by atoms with E-state index in [4.69, 9.17) is 11.0 Å². The lowest BCUT2D eigenvalue weighted by Gasteiger charge is -2.19. The van der Waals surface area contributed by atoms with Gasteiger partial charge in [-0.25, -0.2) is 0 Å². The van der Waals surface area contributed by atoms with E-state index in [0.717, 1.165) is 0 Å². The van der Waals surface area contributed by atoms with Gasteiger partial charge in [0, 0.05) is 5.69 Å². The van der Waals surface area contributed by atoms with E-state index in [1.807, 2.05) is 24.3 Å². The summed E-state index contributed by atoms with van der Waals surface area (Å²) in [5, 5.41) is 16.8. The largest absolute Gasteiger partial charge is 0.369 e. The number of primary amides is 1. The zero-order valence-corrected chi connectivity index (χ0v) is 14.9. The van der Waals surface area contributed by atoms with Crippen molar-refractivity contribution in [1.82, 2.24) is 10.2 Å². The molecule has 2 amide bonds. The maximum absolute atomic E-state index is 12.4. The van der Waals surface area contributed by atoms with Crippen LogP contribution in [0.4, 0.5) is 5.69 Å². The fourth-order valence-electron chi connectivity index (χ4n) is 1.65. The Labute approximate surface area is 151 Å². The molecule has 2 aromatic rings. The van der Waals surface area contributed by atoms with Crippen LogP contribution in [0, 0.1) is 11.3 Å². The first-order chi connectivity index (χ1) is 11.6. The van der Waals surface area contributed by atoms with Crippen LogP contribution in [0.25, 0.3) is 0 Å². The van der Waals surface area contributed by atoms with Gasteiger partial charge in [-0.3, -0.25) is 14.5 Å². The molecule has 1 heterocycles. The quantitative estimate of drug-likeness (QED) is 0.549. The molecule has 124 valence electrons. The fourth-order valence-corrected chi connectivity index (χ4v) is 4.29. The van der Waals surface area contributed by atoms with Crippen LogP contribution in [-0.2, 0) is 9.59 Å². The summed E-state index contributed by atoms with van der Waals surface area (Å²) in [7, 11) is 0. The van der Waals surface area contributed by atoms with E-state index in [1.165, 1.54) is 39.8 Å². The first kappa shape index (κ1) is 18.3. The maximum atomic E-state index is 12.4. The Bertz CT molecular complexity index is 744. The summed E-state index contributed by atoms with van der Waals surface area (Å²) in [5.74, 6) is -0.322. The van der Waals surface area contributed by atoms with Crippen molar-refractivity contribution in [3.63, 3.8) is 0 Å². The third-order valence-electron chi connectivity index (χ3n) is 2.64. The zero-order valence-electron chi connectivity index (χ0n) is 12.4. The van der Waals surface area contributed by atoms with Crippen LogP contribution in [0.1, 0.15) is 0 Å². The smallest absolute Gasteiger partial charge is 0.238 e. The number of nitrogens with zero attached hydrogens (tertiary/aromatic N) is 4. The van der Waals surface area contributed by atoms with Crippen LogP contribution in [0.15, 0.2) is 39.0 Å². The SMILES string of the molecule is N#CCN(C(=O)CSc1nnc(SCC(N)=O)s1)c1ccccc1. The molecule has 0 saturated heterocycles. The van der Waals surface area contributed by atoms with Crippen molar-refractivity contribution in [2.75, 3.05) is 23.0 Å². The number of hydrogen-bond acceptors (Lipinski definition) is 8. The third-order valence-corrected chi connectivity index (χ3v) is 5.84. The number of hydrogen-bond donors (Lipinski definition) is 1. The van der Waals surface area contributed by atoms with Crippen LogP contribution >= 0.6 is 34.9 Å². The second-order valence-corrected chi connectivity index (χ2v) is 7.77. The molecular formula is C14H13N5O2S3. The van der Waals surface area contributed by atoms with Crippen molar-refractivity contribution >= 4 is 52.4 Å². The van der Waals surface area contributed by atoms with Crippen molar-refractivity contribution < 1.29 is 9.59 Å². The molecule has 0 bridgehead atoms. The predicted octanol–water partition coefficient (Wildman–Crippen LogP) is 1.76. The average molecular weight is 379 g/mol. The lowest BCUT2D eigenvalue weighted by atomic mass is 10.3. The molecule has 0 saturated carbocycles. The minimum absolute atomic E-state index is 0.0146. The number of carbonyl (C=O) groups excluding carboxylic acids is 2. The van der Waals surface area contributed by atoms with Gasteiger partial charge < -0.3 is 5.73 Å². The molecule has 2 N–H and O–H groups in total. The van der Waals surface area contributed by atoms with E-state index in [9.17, 15) is 9.59 Å². The molecule has 0 atom stereocenters. The van der Waals surface area contributed by atoms with Gasteiger partial charge >= 0.3 is 0 Å².